The predicted octanol–water partition coefficient (Wildman–Crippen LogP) is 4.81. The molecule has 0 fully saturated rings. The van der Waals surface area contributed by atoms with E-state index in [1.54, 1.807) is 0 Å². The lowest BCUT2D eigenvalue weighted by Gasteiger charge is -2.15. The first-order valence-corrected chi connectivity index (χ1v) is 8.14. The Morgan fingerprint density at radius 2 is 1.78 bits per heavy atom. The van der Waals surface area contributed by atoms with Crippen LogP contribution in [0.5, 0.6) is 0 Å². The lowest BCUT2D eigenvalue weighted by atomic mass is 9.94. The molecule has 1 aromatic rings. The zero-order chi connectivity index (χ0) is 13.4. The first-order valence-electron chi connectivity index (χ1n) is 7.15. The summed E-state index contributed by atoms with van der Waals surface area (Å²) in [6, 6.07) is 9.43. The molecule has 2 unspecified atom stereocenters. The summed E-state index contributed by atoms with van der Waals surface area (Å²) in [5, 5.41) is 0. The van der Waals surface area contributed by atoms with Gasteiger partial charge in [0.05, 0.1) is 0 Å². The van der Waals surface area contributed by atoms with Crippen LogP contribution in [0.25, 0.3) is 0 Å². The molecule has 0 spiro atoms. The van der Waals surface area contributed by atoms with Gasteiger partial charge in [-0.15, -0.1) is 11.8 Å². The van der Waals surface area contributed by atoms with Gasteiger partial charge in [0.15, 0.2) is 0 Å². The van der Waals surface area contributed by atoms with Crippen LogP contribution >= 0.6 is 11.8 Å². The molecule has 2 N–H and O–H groups in total. The summed E-state index contributed by atoms with van der Waals surface area (Å²) in [7, 11) is 0. The van der Waals surface area contributed by atoms with E-state index in [0.717, 1.165) is 12.8 Å². The molecule has 0 radical (unpaired) electrons. The molecule has 0 aliphatic carbocycles. The molecule has 1 rings (SSSR count). The molecule has 0 bridgehead atoms. The van der Waals surface area contributed by atoms with E-state index in [4.69, 9.17) is 5.73 Å². The Kier molecular flexibility index (Phi) is 7.45. The zero-order valence-electron chi connectivity index (χ0n) is 12.0. The van der Waals surface area contributed by atoms with Crippen molar-refractivity contribution in [3.05, 3.63) is 29.8 Å². The van der Waals surface area contributed by atoms with Gasteiger partial charge < -0.3 is 5.73 Å². The Hall–Kier alpha value is -0.470. The fourth-order valence-electron chi connectivity index (χ4n) is 1.95. The molecule has 0 amide bonds. The minimum atomic E-state index is 0.367. The molecule has 0 aromatic heterocycles. The van der Waals surface area contributed by atoms with Gasteiger partial charge in [-0.25, -0.2) is 0 Å². The van der Waals surface area contributed by atoms with Gasteiger partial charge in [0.25, 0.3) is 0 Å². The summed E-state index contributed by atoms with van der Waals surface area (Å²) in [6.07, 6.45) is 4.64. The van der Waals surface area contributed by atoms with Gasteiger partial charge in [-0.05, 0) is 55.1 Å². The zero-order valence-corrected chi connectivity index (χ0v) is 12.8. The van der Waals surface area contributed by atoms with Crippen LogP contribution in [-0.2, 0) is 0 Å². The minimum Gasteiger partial charge on any atom is -0.328 e. The van der Waals surface area contributed by atoms with Crippen molar-refractivity contribution >= 4 is 11.8 Å². The quantitative estimate of drug-likeness (QED) is 0.683. The first kappa shape index (κ1) is 15.6. The smallest absolute Gasteiger partial charge is 0.00721 e. The Bertz CT molecular complexity index is 320. The number of benzene rings is 1. The topological polar surface area (TPSA) is 26.0 Å². The highest BCUT2D eigenvalue weighted by Crippen LogP contribution is 2.25. The first-order chi connectivity index (χ1) is 8.67. The third-order valence-corrected chi connectivity index (χ3v) is 4.63. The summed E-state index contributed by atoms with van der Waals surface area (Å²) >= 11 is 1.94. The number of thioether (sulfide) groups is 1. The van der Waals surface area contributed by atoms with Crippen LogP contribution in [0.2, 0.25) is 0 Å². The lowest BCUT2D eigenvalue weighted by Crippen LogP contribution is -2.18. The van der Waals surface area contributed by atoms with Crippen molar-refractivity contribution in [3.63, 3.8) is 0 Å². The Morgan fingerprint density at radius 3 is 2.33 bits per heavy atom. The maximum absolute atomic E-state index is 5.97. The summed E-state index contributed by atoms with van der Waals surface area (Å²) in [5.41, 5.74) is 7.42. The van der Waals surface area contributed by atoms with E-state index in [1.807, 2.05) is 11.8 Å². The molecule has 0 aliphatic rings. The minimum absolute atomic E-state index is 0.367. The van der Waals surface area contributed by atoms with E-state index in [9.17, 15) is 0 Å². The summed E-state index contributed by atoms with van der Waals surface area (Å²) < 4.78 is 0. The number of hydrogen-bond acceptors (Lipinski definition) is 2. The average molecular weight is 265 g/mol. The van der Waals surface area contributed by atoms with Crippen LogP contribution in [0.3, 0.4) is 0 Å². The second-order valence-corrected chi connectivity index (χ2v) is 6.23. The van der Waals surface area contributed by atoms with E-state index in [1.165, 1.54) is 29.1 Å². The molecule has 2 heteroatoms. The van der Waals surface area contributed by atoms with E-state index >= 15 is 0 Å². The summed E-state index contributed by atoms with van der Waals surface area (Å²) in [5.74, 6) is 1.83. The molecule has 0 aliphatic heterocycles. The van der Waals surface area contributed by atoms with Gasteiger partial charge in [-0.1, -0.05) is 32.9 Å². The highest BCUT2D eigenvalue weighted by atomic mass is 32.2. The van der Waals surface area contributed by atoms with E-state index in [2.05, 4.69) is 45.0 Å². The molecule has 0 saturated heterocycles. The molecule has 0 heterocycles. The Morgan fingerprint density at radius 1 is 1.11 bits per heavy atom. The molecule has 1 nitrogen and oxygen atoms in total. The normalized spacial score (nSPS) is 14.4. The molecule has 2 atom stereocenters. The largest absolute Gasteiger partial charge is 0.328 e. The van der Waals surface area contributed by atoms with Gasteiger partial charge in [0, 0.05) is 10.9 Å². The van der Waals surface area contributed by atoms with Crippen LogP contribution in [0.15, 0.2) is 29.2 Å². The monoisotopic (exact) mass is 265 g/mol. The van der Waals surface area contributed by atoms with Crippen molar-refractivity contribution in [2.75, 3.05) is 5.75 Å². The molecule has 1 aromatic carbocycles. The third-order valence-electron chi connectivity index (χ3n) is 3.42. The summed E-state index contributed by atoms with van der Waals surface area (Å²) in [4.78, 5) is 1.39. The van der Waals surface area contributed by atoms with Crippen molar-refractivity contribution in [1.82, 2.24) is 0 Å². The van der Waals surface area contributed by atoms with Gasteiger partial charge in [0.2, 0.25) is 0 Å². The Balaban J connectivity index is 2.45. The van der Waals surface area contributed by atoms with Gasteiger partial charge in [-0.2, -0.15) is 0 Å². The van der Waals surface area contributed by atoms with Crippen molar-refractivity contribution in [1.29, 1.82) is 0 Å². The standard InChI is InChI=1S/C16H27NS/c1-4-12-18-16-10-7-14(8-11-16)13(3)6-9-15(17)5-2/h7-8,10-11,13,15H,4-6,9,12,17H2,1-3H3. The molecular weight excluding hydrogens is 238 g/mol. The van der Waals surface area contributed by atoms with Crippen LogP contribution in [0, 0.1) is 0 Å². The van der Waals surface area contributed by atoms with Crippen LogP contribution in [0.4, 0.5) is 0 Å². The number of nitrogens with two attached hydrogens (primary N) is 1. The van der Waals surface area contributed by atoms with Crippen molar-refractivity contribution < 1.29 is 0 Å². The fourth-order valence-corrected chi connectivity index (χ4v) is 2.72. The predicted molar refractivity (Wildman–Crippen MR) is 83.4 cm³/mol. The molecule has 0 saturated carbocycles. The molecule has 18 heavy (non-hydrogen) atoms. The molecule has 102 valence electrons. The second-order valence-electron chi connectivity index (χ2n) is 5.06. The van der Waals surface area contributed by atoms with Gasteiger partial charge >= 0.3 is 0 Å². The van der Waals surface area contributed by atoms with Crippen LogP contribution < -0.4 is 5.73 Å². The Labute approximate surface area is 117 Å². The van der Waals surface area contributed by atoms with E-state index < -0.39 is 0 Å². The van der Waals surface area contributed by atoms with Gasteiger partial charge in [0.1, 0.15) is 0 Å². The van der Waals surface area contributed by atoms with Crippen molar-refractivity contribution in [2.45, 2.75) is 63.3 Å². The second kappa shape index (κ2) is 8.60. The number of hydrogen-bond donors (Lipinski definition) is 1. The summed E-state index contributed by atoms with van der Waals surface area (Å²) in [6.45, 7) is 6.69. The van der Waals surface area contributed by atoms with Gasteiger partial charge in [-0.3, -0.25) is 0 Å². The number of rotatable bonds is 8. The van der Waals surface area contributed by atoms with Crippen molar-refractivity contribution in [3.8, 4) is 0 Å². The lowest BCUT2D eigenvalue weighted by molar-refractivity contribution is 0.530. The average Bonchev–Trinajstić information content (AvgIpc) is 2.42. The highest BCUT2D eigenvalue weighted by Gasteiger charge is 2.08. The SMILES string of the molecule is CCCSc1ccc(C(C)CCC(N)CC)cc1. The third kappa shape index (κ3) is 5.45. The van der Waals surface area contributed by atoms with Crippen LogP contribution in [-0.4, -0.2) is 11.8 Å². The van der Waals surface area contributed by atoms with E-state index in [0.29, 0.717) is 12.0 Å². The molecular formula is C16H27NS. The fraction of sp³-hybridized carbons (Fsp3) is 0.625. The maximum Gasteiger partial charge on any atom is 0.00721 e. The van der Waals surface area contributed by atoms with Crippen LogP contribution in [0.1, 0.15) is 57.9 Å². The highest BCUT2D eigenvalue weighted by molar-refractivity contribution is 7.99. The van der Waals surface area contributed by atoms with E-state index in [-0.39, 0.29) is 0 Å². The van der Waals surface area contributed by atoms with Crippen molar-refractivity contribution in [2.24, 2.45) is 5.73 Å². The maximum atomic E-state index is 5.97.